The van der Waals surface area contributed by atoms with Gasteiger partial charge in [0.25, 0.3) is 20.2 Å². The number of nitrogens with zero attached hydrogens (tertiary/aromatic N) is 4. The van der Waals surface area contributed by atoms with Crippen LogP contribution < -0.4 is 0 Å². The molecule has 13 heteroatoms. The van der Waals surface area contributed by atoms with Gasteiger partial charge in [-0.3, -0.25) is 14.1 Å². The second-order valence-electron chi connectivity index (χ2n) is 6.50. The molecule has 0 aliphatic rings. The van der Waals surface area contributed by atoms with Crippen LogP contribution in [-0.2, 0) is 20.2 Å². The van der Waals surface area contributed by atoms with Gasteiger partial charge >= 0.3 is 0 Å². The van der Waals surface area contributed by atoms with Gasteiger partial charge in [0, 0.05) is 17.3 Å². The molecule has 0 aliphatic carbocycles. The first-order valence-corrected chi connectivity index (χ1v) is 11.8. The molecule has 2 aromatic carbocycles. The van der Waals surface area contributed by atoms with Crippen molar-refractivity contribution in [3.63, 3.8) is 0 Å². The van der Waals surface area contributed by atoms with Crippen LogP contribution in [0.25, 0.3) is 34.0 Å². The van der Waals surface area contributed by atoms with Gasteiger partial charge in [-0.05, 0) is 18.2 Å². The fourth-order valence-corrected chi connectivity index (χ4v) is 5.07. The fraction of sp³-hybridized carbons (Fsp3) is 0. The minimum Gasteiger partial charge on any atom is -0.412 e. The summed E-state index contributed by atoms with van der Waals surface area (Å²) in [5.74, 6) is 0.0406. The Morgan fingerprint density at radius 2 is 1.39 bits per heavy atom. The van der Waals surface area contributed by atoms with Crippen molar-refractivity contribution in [2.24, 2.45) is 0 Å². The third-order valence-corrected chi connectivity index (χ3v) is 6.38. The monoisotopic (exact) mass is 488 g/mol. The lowest BCUT2D eigenvalue weighted by Gasteiger charge is -2.14. The van der Waals surface area contributed by atoms with Crippen molar-refractivity contribution in [3.8, 4) is 34.0 Å². The second kappa shape index (κ2) is 9.09. The van der Waals surface area contributed by atoms with Gasteiger partial charge in [0.2, 0.25) is 5.82 Å². The van der Waals surface area contributed by atoms with Crippen LogP contribution in [0.4, 0.5) is 0 Å². The maximum absolute atomic E-state index is 12.2. The molecule has 4 N–H and O–H groups in total. The lowest BCUT2D eigenvalue weighted by Crippen LogP contribution is -2.11. The third kappa shape index (κ3) is 4.92. The Hall–Kier alpha value is -3.62. The van der Waals surface area contributed by atoms with Crippen LogP contribution in [0.15, 0.2) is 82.7 Å². The van der Waals surface area contributed by atoms with E-state index in [-0.39, 0.29) is 28.3 Å². The number of benzene rings is 2. The molecule has 170 valence electrons. The zero-order chi connectivity index (χ0) is 22.9. The van der Waals surface area contributed by atoms with Crippen LogP contribution in [0.3, 0.4) is 0 Å². The van der Waals surface area contributed by atoms with Crippen LogP contribution >= 0.6 is 0 Å². The van der Waals surface area contributed by atoms with Crippen LogP contribution in [0.2, 0.25) is 0 Å². The Labute approximate surface area is 188 Å². The fourth-order valence-electron chi connectivity index (χ4n) is 3.08. The number of hydrogen-bond donors (Lipinski definition) is 2. The van der Waals surface area contributed by atoms with E-state index in [0.717, 1.165) is 6.07 Å². The van der Waals surface area contributed by atoms with E-state index in [1.54, 1.807) is 48.5 Å². The van der Waals surface area contributed by atoms with E-state index in [1.165, 1.54) is 18.3 Å². The van der Waals surface area contributed by atoms with Gasteiger partial charge in [-0.1, -0.05) is 48.5 Å². The van der Waals surface area contributed by atoms with E-state index in [4.69, 9.17) is 0 Å². The molecule has 0 bridgehead atoms. The highest BCUT2D eigenvalue weighted by atomic mass is 32.2. The zero-order valence-electron chi connectivity index (χ0n) is 16.6. The SMILES string of the molecule is O.O=S(=O)(O)c1cccc(-c2nc(-c3ccccn3)nnc2-c2ccccc2)c1S(=O)(=O)O. The molecule has 2 aromatic heterocycles. The van der Waals surface area contributed by atoms with E-state index in [2.05, 4.69) is 20.2 Å². The van der Waals surface area contributed by atoms with Crippen molar-refractivity contribution in [3.05, 3.63) is 72.9 Å². The maximum Gasteiger partial charge on any atom is 0.296 e. The van der Waals surface area contributed by atoms with Crippen molar-refractivity contribution in [2.45, 2.75) is 9.79 Å². The minimum atomic E-state index is -5.11. The maximum atomic E-state index is 12.2. The summed E-state index contributed by atoms with van der Waals surface area (Å²) in [6.07, 6.45) is 1.51. The van der Waals surface area contributed by atoms with Crippen LogP contribution in [0, 0.1) is 0 Å². The molecule has 2 heterocycles. The molecule has 0 fully saturated rings. The number of aromatic nitrogens is 4. The highest BCUT2D eigenvalue weighted by Crippen LogP contribution is 2.36. The topological polar surface area (TPSA) is 192 Å². The average molecular weight is 489 g/mol. The Balaban J connectivity index is 0.00000306. The smallest absolute Gasteiger partial charge is 0.296 e. The van der Waals surface area contributed by atoms with E-state index in [0.29, 0.717) is 11.3 Å². The standard InChI is InChI=1S/C20H14N4O6S2.H2O/c25-31(26,27)16-11-6-9-14(19(16)32(28,29)30)18-17(13-7-2-1-3-8-13)23-24-20(22-18)15-10-4-5-12-21-15;/h1-12H,(H,25,26,27)(H,28,29,30);1H2. The Morgan fingerprint density at radius 3 is 2.00 bits per heavy atom. The van der Waals surface area contributed by atoms with Gasteiger partial charge in [-0.15, -0.1) is 10.2 Å². The van der Waals surface area contributed by atoms with Gasteiger partial charge in [0.15, 0.2) is 0 Å². The van der Waals surface area contributed by atoms with Gasteiger partial charge in [-0.25, -0.2) is 4.98 Å². The first-order chi connectivity index (χ1) is 15.2. The molecule has 0 amide bonds. The summed E-state index contributed by atoms with van der Waals surface area (Å²) in [6.45, 7) is 0. The summed E-state index contributed by atoms with van der Waals surface area (Å²) in [6, 6.07) is 16.8. The molecule has 4 aromatic rings. The number of pyridine rings is 1. The Bertz CT molecular complexity index is 1510. The van der Waals surface area contributed by atoms with Crippen molar-refractivity contribution in [1.82, 2.24) is 20.2 Å². The van der Waals surface area contributed by atoms with Crippen molar-refractivity contribution < 1.29 is 31.4 Å². The summed E-state index contributed by atoms with van der Waals surface area (Å²) in [5, 5.41) is 8.25. The second-order valence-corrected chi connectivity index (χ2v) is 9.24. The Kier molecular flexibility index (Phi) is 6.62. The van der Waals surface area contributed by atoms with Gasteiger partial charge < -0.3 is 5.48 Å². The first kappa shape index (κ1) is 24.0. The molecule has 0 aliphatic heterocycles. The number of rotatable bonds is 5. The molecule has 0 atom stereocenters. The van der Waals surface area contributed by atoms with E-state index in [1.807, 2.05) is 0 Å². The molecule has 0 saturated carbocycles. The lowest BCUT2D eigenvalue weighted by molar-refractivity contribution is 0.467. The normalized spacial score (nSPS) is 11.6. The molecule has 11 nitrogen and oxygen atoms in total. The number of hydrogen-bond acceptors (Lipinski definition) is 8. The molecule has 0 unspecified atom stereocenters. The molecular formula is C20H16N4O7S2. The largest absolute Gasteiger partial charge is 0.412 e. The van der Waals surface area contributed by atoms with E-state index >= 15 is 0 Å². The molecular weight excluding hydrogens is 472 g/mol. The Morgan fingerprint density at radius 1 is 0.697 bits per heavy atom. The summed E-state index contributed by atoms with van der Waals surface area (Å²) in [4.78, 5) is 6.53. The zero-order valence-corrected chi connectivity index (χ0v) is 18.2. The van der Waals surface area contributed by atoms with E-state index in [9.17, 15) is 25.9 Å². The van der Waals surface area contributed by atoms with Crippen LogP contribution in [0.1, 0.15) is 0 Å². The minimum absolute atomic E-state index is 0. The third-order valence-electron chi connectivity index (χ3n) is 4.40. The van der Waals surface area contributed by atoms with Crippen LogP contribution in [0.5, 0.6) is 0 Å². The highest BCUT2D eigenvalue weighted by molar-refractivity contribution is 7.89. The molecule has 33 heavy (non-hydrogen) atoms. The predicted molar refractivity (Wildman–Crippen MR) is 117 cm³/mol. The molecule has 4 rings (SSSR count). The van der Waals surface area contributed by atoms with Crippen molar-refractivity contribution in [1.29, 1.82) is 0 Å². The van der Waals surface area contributed by atoms with Crippen molar-refractivity contribution in [2.75, 3.05) is 0 Å². The highest BCUT2D eigenvalue weighted by Gasteiger charge is 2.30. The van der Waals surface area contributed by atoms with Crippen LogP contribution in [-0.4, -0.2) is 51.6 Å². The average Bonchev–Trinajstić information content (AvgIpc) is 2.78. The van der Waals surface area contributed by atoms with E-state index < -0.39 is 30.0 Å². The quantitative estimate of drug-likeness (QED) is 0.392. The molecule has 0 saturated heterocycles. The molecule has 0 radical (unpaired) electrons. The van der Waals surface area contributed by atoms with Crippen molar-refractivity contribution >= 4 is 20.2 Å². The predicted octanol–water partition coefficient (Wildman–Crippen LogP) is 1.94. The summed E-state index contributed by atoms with van der Waals surface area (Å²) >= 11 is 0. The summed E-state index contributed by atoms with van der Waals surface area (Å²) in [7, 11) is -10.1. The molecule has 0 spiro atoms. The van der Waals surface area contributed by atoms with Gasteiger partial charge in [0.05, 0.1) is 0 Å². The lowest BCUT2D eigenvalue weighted by atomic mass is 10.0. The van der Waals surface area contributed by atoms with Gasteiger partial charge in [-0.2, -0.15) is 16.8 Å². The first-order valence-electron chi connectivity index (χ1n) is 8.96. The van der Waals surface area contributed by atoms with Gasteiger partial charge in [0.1, 0.15) is 26.9 Å². The summed E-state index contributed by atoms with van der Waals surface area (Å²) in [5.41, 5.74) is 0.607. The summed E-state index contributed by atoms with van der Waals surface area (Å²) < 4.78 is 67.5.